The standard InChI is InChI=1S/C17H29NO/c1-12-7-13(2)16(17(19)8-12)11-18(9-14-3-4-14)10-15-5-6-15/h12-16H,3-11H2,1-2H3. The molecule has 2 heteroatoms. The Labute approximate surface area is 117 Å². The molecular formula is C17H29NO. The molecule has 0 bridgehead atoms. The molecule has 3 aliphatic carbocycles. The molecule has 0 heterocycles. The third kappa shape index (κ3) is 3.81. The fourth-order valence-electron chi connectivity index (χ4n) is 3.81. The van der Waals surface area contributed by atoms with Crippen LogP contribution in [0.3, 0.4) is 0 Å². The number of Topliss-reactive ketones (excluding diaryl/α,β-unsaturated/α-hetero) is 1. The molecule has 108 valence electrons. The molecule has 0 aromatic heterocycles. The van der Waals surface area contributed by atoms with Crippen LogP contribution < -0.4 is 0 Å². The van der Waals surface area contributed by atoms with Gasteiger partial charge < -0.3 is 4.90 Å². The predicted molar refractivity (Wildman–Crippen MR) is 77.9 cm³/mol. The molecule has 0 amide bonds. The minimum atomic E-state index is 0.327. The summed E-state index contributed by atoms with van der Waals surface area (Å²) in [5.41, 5.74) is 0. The lowest BCUT2D eigenvalue weighted by Gasteiger charge is -2.35. The van der Waals surface area contributed by atoms with Gasteiger partial charge >= 0.3 is 0 Å². The van der Waals surface area contributed by atoms with Crippen molar-refractivity contribution < 1.29 is 4.79 Å². The lowest BCUT2D eigenvalue weighted by atomic mass is 9.74. The Kier molecular flexibility index (Phi) is 3.98. The molecule has 3 fully saturated rings. The van der Waals surface area contributed by atoms with E-state index >= 15 is 0 Å². The Morgan fingerprint density at radius 1 is 1.00 bits per heavy atom. The Bertz CT molecular complexity index is 318. The zero-order valence-electron chi connectivity index (χ0n) is 12.6. The van der Waals surface area contributed by atoms with Crippen molar-refractivity contribution in [3.05, 3.63) is 0 Å². The first-order valence-corrected chi connectivity index (χ1v) is 8.37. The number of hydrogen-bond donors (Lipinski definition) is 0. The van der Waals surface area contributed by atoms with Gasteiger partial charge in [0, 0.05) is 32.0 Å². The van der Waals surface area contributed by atoms with E-state index in [0.717, 1.165) is 24.8 Å². The van der Waals surface area contributed by atoms with Gasteiger partial charge in [-0.2, -0.15) is 0 Å². The maximum atomic E-state index is 12.3. The van der Waals surface area contributed by atoms with Gasteiger partial charge in [0.2, 0.25) is 0 Å². The summed E-state index contributed by atoms with van der Waals surface area (Å²) in [4.78, 5) is 15.0. The average molecular weight is 263 g/mol. The first kappa shape index (κ1) is 13.6. The first-order valence-electron chi connectivity index (χ1n) is 8.37. The first-order chi connectivity index (χ1) is 9.11. The van der Waals surface area contributed by atoms with Crippen LogP contribution >= 0.6 is 0 Å². The van der Waals surface area contributed by atoms with Gasteiger partial charge in [-0.15, -0.1) is 0 Å². The third-order valence-electron chi connectivity index (χ3n) is 5.31. The molecule has 0 N–H and O–H groups in total. The molecule has 19 heavy (non-hydrogen) atoms. The smallest absolute Gasteiger partial charge is 0.137 e. The van der Waals surface area contributed by atoms with Gasteiger partial charge in [0.05, 0.1) is 0 Å². The van der Waals surface area contributed by atoms with Gasteiger partial charge in [-0.1, -0.05) is 13.8 Å². The van der Waals surface area contributed by atoms with Crippen LogP contribution in [0.4, 0.5) is 0 Å². The van der Waals surface area contributed by atoms with E-state index in [2.05, 4.69) is 18.7 Å². The van der Waals surface area contributed by atoms with E-state index in [1.807, 2.05) is 0 Å². The van der Waals surface area contributed by atoms with Crippen molar-refractivity contribution in [3.63, 3.8) is 0 Å². The van der Waals surface area contributed by atoms with Crippen molar-refractivity contribution in [3.8, 4) is 0 Å². The maximum Gasteiger partial charge on any atom is 0.137 e. The quantitative estimate of drug-likeness (QED) is 0.732. The minimum absolute atomic E-state index is 0.327. The van der Waals surface area contributed by atoms with Crippen LogP contribution in [0.5, 0.6) is 0 Å². The summed E-state index contributed by atoms with van der Waals surface area (Å²) in [6, 6.07) is 0. The number of ketones is 1. The van der Waals surface area contributed by atoms with Gasteiger partial charge in [0.1, 0.15) is 5.78 Å². The molecular weight excluding hydrogens is 234 g/mol. The summed E-state index contributed by atoms with van der Waals surface area (Å²) in [5, 5.41) is 0. The minimum Gasteiger partial charge on any atom is -0.302 e. The van der Waals surface area contributed by atoms with Crippen LogP contribution in [0.25, 0.3) is 0 Å². The van der Waals surface area contributed by atoms with Crippen LogP contribution in [0.15, 0.2) is 0 Å². The van der Waals surface area contributed by atoms with Gasteiger partial charge in [0.15, 0.2) is 0 Å². The van der Waals surface area contributed by atoms with Crippen molar-refractivity contribution in [1.29, 1.82) is 0 Å². The summed E-state index contributed by atoms with van der Waals surface area (Å²) in [6.07, 6.45) is 7.77. The number of carbonyl (C=O) groups is 1. The van der Waals surface area contributed by atoms with E-state index in [-0.39, 0.29) is 0 Å². The van der Waals surface area contributed by atoms with Crippen molar-refractivity contribution in [1.82, 2.24) is 4.90 Å². The normalized spacial score (nSPS) is 35.9. The van der Waals surface area contributed by atoms with Crippen molar-refractivity contribution in [2.45, 2.75) is 52.4 Å². The van der Waals surface area contributed by atoms with Gasteiger partial charge in [-0.25, -0.2) is 0 Å². The van der Waals surface area contributed by atoms with E-state index in [1.54, 1.807) is 0 Å². The van der Waals surface area contributed by atoms with Crippen molar-refractivity contribution >= 4 is 5.78 Å². The molecule has 3 aliphatic rings. The summed E-state index contributed by atoms with van der Waals surface area (Å²) < 4.78 is 0. The molecule has 0 aromatic rings. The number of carbonyl (C=O) groups excluding carboxylic acids is 1. The average Bonchev–Trinajstić information content (AvgIpc) is 3.18. The van der Waals surface area contributed by atoms with E-state index in [4.69, 9.17) is 0 Å². The largest absolute Gasteiger partial charge is 0.302 e. The fourth-order valence-corrected chi connectivity index (χ4v) is 3.81. The zero-order valence-corrected chi connectivity index (χ0v) is 12.6. The highest BCUT2D eigenvalue weighted by atomic mass is 16.1. The maximum absolute atomic E-state index is 12.3. The molecule has 3 unspecified atom stereocenters. The number of hydrogen-bond acceptors (Lipinski definition) is 2. The predicted octanol–water partition coefficient (Wildman–Crippen LogP) is 3.36. The second-order valence-corrected chi connectivity index (χ2v) is 7.70. The number of nitrogens with zero attached hydrogens (tertiary/aromatic N) is 1. The van der Waals surface area contributed by atoms with Crippen LogP contribution in [0, 0.1) is 29.6 Å². The molecule has 3 saturated carbocycles. The van der Waals surface area contributed by atoms with Crippen molar-refractivity contribution in [2.24, 2.45) is 29.6 Å². The third-order valence-corrected chi connectivity index (χ3v) is 5.31. The summed E-state index contributed by atoms with van der Waals surface area (Å²) in [7, 11) is 0. The number of rotatable bonds is 6. The van der Waals surface area contributed by atoms with E-state index in [0.29, 0.717) is 23.5 Å². The Hall–Kier alpha value is -0.370. The van der Waals surface area contributed by atoms with E-state index in [1.165, 1.54) is 45.2 Å². The van der Waals surface area contributed by atoms with Crippen LogP contribution in [0.2, 0.25) is 0 Å². The van der Waals surface area contributed by atoms with Crippen LogP contribution in [-0.4, -0.2) is 30.3 Å². The molecule has 0 aliphatic heterocycles. The van der Waals surface area contributed by atoms with Gasteiger partial charge in [-0.3, -0.25) is 4.79 Å². The van der Waals surface area contributed by atoms with Gasteiger partial charge in [-0.05, 0) is 55.8 Å². The molecule has 0 spiro atoms. The monoisotopic (exact) mass is 263 g/mol. The summed E-state index contributed by atoms with van der Waals surface area (Å²) >= 11 is 0. The SMILES string of the molecule is CC1CC(=O)C(CN(CC2CC2)CC2CC2)C(C)C1. The molecule has 3 atom stereocenters. The highest BCUT2D eigenvalue weighted by molar-refractivity contribution is 5.82. The Morgan fingerprint density at radius 3 is 2.05 bits per heavy atom. The lowest BCUT2D eigenvalue weighted by Crippen LogP contribution is -2.41. The highest BCUT2D eigenvalue weighted by Crippen LogP contribution is 2.36. The molecule has 0 radical (unpaired) electrons. The summed E-state index contributed by atoms with van der Waals surface area (Å²) in [5.74, 6) is 3.98. The van der Waals surface area contributed by atoms with Crippen LogP contribution in [0.1, 0.15) is 52.4 Å². The van der Waals surface area contributed by atoms with Gasteiger partial charge in [0.25, 0.3) is 0 Å². The van der Waals surface area contributed by atoms with E-state index < -0.39 is 0 Å². The molecule has 3 rings (SSSR count). The molecule has 0 aromatic carbocycles. The second-order valence-electron chi connectivity index (χ2n) is 7.70. The molecule has 0 saturated heterocycles. The van der Waals surface area contributed by atoms with Crippen LogP contribution in [-0.2, 0) is 4.79 Å². The topological polar surface area (TPSA) is 20.3 Å². The fraction of sp³-hybridized carbons (Fsp3) is 0.941. The second kappa shape index (κ2) is 5.55. The summed E-state index contributed by atoms with van der Waals surface area (Å²) in [6.45, 7) is 8.12. The Morgan fingerprint density at radius 2 is 1.58 bits per heavy atom. The van der Waals surface area contributed by atoms with Crippen molar-refractivity contribution in [2.75, 3.05) is 19.6 Å². The molecule has 2 nitrogen and oxygen atoms in total. The van der Waals surface area contributed by atoms with E-state index in [9.17, 15) is 4.79 Å². The highest BCUT2D eigenvalue weighted by Gasteiger charge is 2.36. The lowest BCUT2D eigenvalue weighted by molar-refractivity contribution is -0.128. The Balaban J connectivity index is 1.57. The zero-order chi connectivity index (χ0) is 13.4.